The molecule has 0 bridgehead atoms. The molecular weight excluding hydrogens is 795 g/mol. The minimum atomic E-state index is -1.07. The zero-order chi connectivity index (χ0) is 44.5. The van der Waals surface area contributed by atoms with E-state index in [0.717, 1.165) is 69.8 Å². The number of nitrogens with one attached hydrogen (secondary N) is 3. The molecule has 0 spiro atoms. The number of aliphatic hydroxyl groups is 2. The number of Topliss-reactive ketones (excluding diaryl/α,β-unsaturated/α-hetero) is 1. The molecule has 1 aliphatic carbocycles. The lowest BCUT2D eigenvalue weighted by Gasteiger charge is -2.31. The Balaban J connectivity index is 1.22. The Labute approximate surface area is 369 Å². The molecule has 0 unspecified atom stereocenters. The van der Waals surface area contributed by atoms with Gasteiger partial charge in [-0.05, 0) is 133 Å². The van der Waals surface area contributed by atoms with E-state index in [9.17, 15) is 30.3 Å². The van der Waals surface area contributed by atoms with Crippen LogP contribution in [0.4, 0.5) is 0 Å². The maximum atomic E-state index is 15.0. The quantitative estimate of drug-likeness (QED) is 0.0262. The monoisotopic (exact) mass is 855 g/mol. The predicted octanol–water partition coefficient (Wildman–Crippen LogP) is 7.93. The Morgan fingerprint density at radius 1 is 0.841 bits per heavy atom. The van der Waals surface area contributed by atoms with Gasteiger partial charge in [-0.25, -0.2) is 0 Å². The second-order valence-electron chi connectivity index (χ2n) is 17.2. The second-order valence-corrected chi connectivity index (χ2v) is 17.2. The minimum absolute atomic E-state index is 0.0270. The van der Waals surface area contributed by atoms with Crippen LogP contribution in [0, 0.1) is 5.92 Å². The van der Waals surface area contributed by atoms with Crippen LogP contribution in [-0.4, -0.2) is 75.9 Å². The van der Waals surface area contributed by atoms with Crippen LogP contribution in [-0.2, 0) is 36.0 Å². The van der Waals surface area contributed by atoms with Gasteiger partial charge in [-0.3, -0.25) is 10.1 Å². The molecule has 7 rings (SSSR count). The lowest BCUT2D eigenvalue weighted by atomic mass is 9.79. The van der Waals surface area contributed by atoms with Gasteiger partial charge in [0.15, 0.2) is 23.0 Å². The molecule has 11 heteroatoms. The molecule has 0 radical (unpaired) electrons. The van der Waals surface area contributed by atoms with Crippen LogP contribution in [0.3, 0.4) is 0 Å². The molecule has 5 aromatic carbocycles. The van der Waals surface area contributed by atoms with Crippen LogP contribution in [0.2, 0.25) is 0 Å². The molecule has 63 heavy (non-hydrogen) atoms. The standard InChI is InChI=1S/C52H61N3O8/c1-33(56)30-55-32-63-50-23-34(13-15-46(50)58)22-44(39-25-41(28-42(57)26-39)52(53-2)18-6-7-19-52)49(61)29-48(60)40(21-35-17-20-54-31-35)24-38-14-16-47(59)51(62-3)45(38)27-37-11-8-10-36-9-4-5-12-43(36)37/h4-5,8-17,20,23,25-26,28,31,33,40,44,48,53-60H,6-7,18-19,21-22,24,27,29-30,32H2,1-3H3/t33-,40+,44+,48+/m0/s1. The van der Waals surface area contributed by atoms with Crippen molar-refractivity contribution in [2.75, 3.05) is 27.4 Å². The number of hydrogen-bond acceptors (Lipinski definition) is 10. The summed E-state index contributed by atoms with van der Waals surface area (Å²) in [7, 11) is 3.48. The topological polar surface area (TPSA) is 177 Å². The van der Waals surface area contributed by atoms with Gasteiger partial charge in [0, 0.05) is 48.8 Å². The first-order chi connectivity index (χ1) is 30.5. The summed E-state index contributed by atoms with van der Waals surface area (Å²) in [5.41, 5.74) is 5.70. The summed E-state index contributed by atoms with van der Waals surface area (Å²) in [6.07, 6.45) is 7.38. The van der Waals surface area contributed by atoms with Crippen molar-refractivity contribution in [2.24, 2.45) is 5.92 Å². The summed E-state index contributed by atoms with van der Waals surface area (Å²) in [6.45, 7) is 2.02. The zero-order valence-corrected chi connectivity index (χ0v) is 36.4. The van der Waals surface area contributed by atoms with E-state index < -0.39 is 24.0 Å². The molecule has 1 aliphatic rings. The number of ketones is 1. The molecule has 8 N–H and O–H groups in total. The maximum Gasteiger partial charge on any atom is 0.164 e. The van der Waals surface area contributed by atoms with Gasteiger partial charge in [-0.15, -0.1) is 0 Å². The lowest BCUT2D eigenvalue weighted by Crippen LogP contribution is -2.37. The minimum Gasteiger partial charge on any atom is -0.508 e. The van der Waals surface area contributed by atoms with E-state index in [4.69, 9.17) is 9.47 Å². The van der Waals surface area contributed by atoms with Gasteiger partial charge in [0.05, 0.1) is 19.3 Å². The SMILES string of the molecule is CNC1(c2cc(O)cc([C@@H](Cc3ccc(O)c(OCNC[C@H](C)O)c3)C(=O)C[C@@H](O)[C@H](Cc3cc[nH]c3)Cc3ccc(O)c(OC)c3Cc3cccc4ccccc34)c2)CCCC1. The van der Waals surface area contributed by atoms with E-state index in [1.54, 1.807) is 44.4 Å². The van der Waals surface area contributed by atoms with Crippen molar-refractivity contribution in [1.82, 2.24) is 15.6 Å². The Hall–Kier alpha value is -5.85. The summed E-state index contributed by atoms with van der Waals surface area (Å²) in [5.74, 6) is -0.754. The van der Waals surface area contributed by atoms with Crippen LogP contribution in [0.15, 0.2) is 109 Å². The molecular formula is C52H61N3O8. The van der Waals surface area contributed by atoms with Gasteiger partial charge in [-0.2, -0.15) is 0 Å². The van der Waals surface area contributed by atoms with Crippen LogP contribution >= 0.6 is 0 Å². The van der Waals surface area contributed by atoms with Gasteiger partial charge >= 0.3 is 0 Å². The Morgan fingerprint density at radius 3 is 2.37 bits per heavy atom. The molecule has 1 saturated carbocycles. The first-order valence-electron chi connectivity index (χ1n) is 22.0. The highest BCUT2D eigenvalue weighted by atomic mass is 16.5. The number of phenolic OH excluding ortho intramolecular Hbond substituents is 3. The average molecular weight is 856 g/mol. The third-order valence-corrected chi connectivity index (χ3v) is 12.8. The van der Waals surface area contributed by atoms with Gasteiger partial charge in [0.25, 0.3) is 0 Å². The molecule has 1 fully saturated rings. The third kappa shape index (κ3) is 10.9. The molecule has 11 nitrogen and oxygen atoms in total. The van der Waals surface area contributed by atoms with Crippen molar-refractivity contribution in [2.45, 2.75) is 88.4 Å². The average Bonchev–Trinajstić information content (AvgIpc) is 3.99. The number of aromatic nitrogens is 1. The third-order valence-electron chi connectivity index (χ3n) is 12.8. The van der Waals surface area contributed by atoms with Gasteiger partial charge in [0.2, 0.25) is 0 Å². The molecule has 0 saturated heterocycles. The van der Waals surface area contributed by atoms with Crippen LogP contribution in [0.5, 0.6) is 28.7 Å². The van der Waals surface area contributed by atoms with Gasteiger partial charge in [0.1, 0.15) is 18.3 Å². The summed E-state index contributed by atoms with van der Waals surface area (Å²) in [4.78, 5) is 18.1. The van der Waals surface area contributed by atoms with Gasteiger partial charge in [-0.1, -0.05) is 73.5 Å². The zero-order valence-electron chi connectivity index (χ0n) is 36.4. The number of methoxy groups -OCH3 is 1. The first-order valence-corrected chi connectivity index (χ1v) is 22.0. The van der Waals surface area contributed by atoms with Crippen molar-refractivity contribution >= 4 is 16.6 Å². The van der Waals surface area contributed by atoms with Crippen molar-refractivity contribution < 1.29 is 39.8 Å². The molecule has 1 aromatic heterocycles. The Bertz CT molecular complexity index is 2460. The second kappa shape index (κ2) is 20.6. The molecule has 0 aliphatic heterocycles. The summed E-state index contributed by atoms with van der Waals surface area (Å²) in [5, 5.41) is 63.7. The number of phenols is 3. The summed E-state index contributed by atoms with van der Waals surface area (Å²) >= 11 is 0. The number of benzene rings is 5. The number of carbonyl (C=O) groups is 1. The van der Waals surface area contributed by atoms with E-state index in [2.05, 4.69) is 39.9 Å². The summed E-state index contributed by atoms with van der Waals surface area (Å²) in [6, 6.07) is 30.3. The molecule has 0 amide bonds. The number of H-pyrrole nitrogens is 1. The fourth-order valence-corrected chi connectivity index (χ4v) is 9.46. The number of aliphatic hydroxyl groups excluding tert-OH is 2. The number of aromatic amines is 1. The molecule has 1 heterocycles. The highest BCUT2D eigenvalue weighted by molar-refractivity contribution is 5.87. The smallest absolute Gasteiger partial charge is 0.164 e. The van der Waals surface area contributed by atoms with Crippen LogP contribution < -0.4 is 20.1 Å². The molecule has 6 aromatic rings. The van der Waals surface area contributed by atoms with Crippen molar-refractivity contribution in [3.8, 4) is 28.7 Å². The van der Waals surface area contributed by atoms with Crippen LogP contribution in [0.25, 0.3) is 10.8 Å². The Kier molecular flexibility index (Phi) is 14.7. The fraction of sp³-hybridized carbons (Fsp3) is 0.365. The highest BCUT2D eigenvalue weighted by Gasteiger charge is 2.36. The first kappa shape index (κ1) is 45.2. The fourth-order valence-electron chi connectivity index (χ4n) is 9.46. The molecule has 4 atom stereocenters. The number of carbonyl (C=O) groups excluding carboxylic acids is 1. The van der Waals surface area contributed by atoms with Crippen molar-refractivity contribution in [3.05, 3.63) is 148 Å². The Morgan fingerprint density at radius 2 is 1.62 bits per heavy atom. The lowest BCUT2D eigenvalue weighted by molar-refractivity contribution is -0.123. The van der Waals surface area contributed by atoms with Crippen LogP contribution in [0.1, 0.15) is 83.9 Å². The number of hydrogen-bond donors (Lipinski definition) is 8. The number of ether oxygens (including phenoxy) is 2. The van der Waals surface area contributed by atoms with E-state index in [0.29, 0.717) is 37.1 Å². The predicted molar refractivity (Wildman–Crippen MR) is 246 cm³/mol. The van der Waals surface area contributed by atoms with E-state index in [-0.39, 0.29) is 53.9 Å². The van der Waals surface area contributed by atoms with Crippen molar-refractivity contribution in [1.29, 1.82) is 0 Å². The summed E-state index contributed by atoms with van der Waals surface area (Å²) < 4.78 is 11.7. The molecule has 332 valence electrons. The largest absolute Gasteiger partial charge is 0.508 e. The van der Waals surface area contributed by atoms with Crippen molar-refractivity contribution in [3.63, 3.8) is 0 Å². The van der Waals surface area contributed by atoms with E-state index >= 15 is 0 Å². The van der Waals surface area contributed by atoms with E-state index in [1.165, 1.54) is 6.07 Å². The number of aromatic hydroxyl groups is 3. The number of rotatable bonds is 21. The van der Waals surface area contributed by atoms with Gasteiger partial charge < -0.3 is 45.3 Å². The highest BCUT2D eigenvalue weighted by Crippen LogP contribution is 2.42. The number of fused-ring (bicyclic) bond motifs is 1. The normalized spacial score (nSPS) is 15.5. The maximum absolute atomic E-state index is 15.0. The van der Waals surface area contributed by atoms with E-state index in [1.807, 2.05) is 55.8 Å².